The van der Waals surface area contributed by atoms with Crippen molar-refractivity contribution >= 4 is 28.3 Å². The summed E-state index contributed by atoms with van der Waals surface area (Å²) in [6.45, 7) is 0.464. The fraction of sp³-hybridized carbons (Fsp3) is 0.143. The Bertz CT molecular complexity index is 713. The van der Waals surface area contributed by atoms with Gasteiger partial charge < -0.3 is 9.67 Å². The number of carbonyl (C=O) groups excluding carboxylic acids is 2. The summed E-state index contributed by atoms with van der Waals surface area (Å²) >= 11 is 0. The average Bonchev–Trinajstić information content (AvgIpc) is 2.91. The molecule has 2 heterocycles. The second kappa shape index (κ2) is 4.37. The molecular weight excluding hydrogens is 244 g/mol. The topological polar surface area (TPSA) is 71.3 Å². The van der Waals surface area contributed by atoms with Crippen LogP contribution in [0.5, 0.6) is 0 Å². The van der Waals surface area contributed by atoms with Crippen LogP contribution in [0.1, 0.15) is 5.56 Å². The number of carbonyl (C=O) groups is 2. The molecule has 0 bridgehead atoms. The molecule has 0 saturated carbocycles. The smallest absolute Gasteiger partial charge is 0.258 e. The molecule has 0 radical (unpaired) electrons. The van der Waals surface area contributed by atoms with Crippen molar-refractivity contribution in [1.82, 2.24) is 9.88 Å². The van der Waals surface area contributed by atoms with Gasteiger partial charge in [-0.3, -0.25) is 14.9 Å². The Balaban J connectivity index is 2.22. The highest BCUT2D eigenvalue weighted by molar-refractivity contribution is 6.35. The molecule has 0 saturated heterocycles. The molecule has 1 aromatic carbocycles. The SMILES string of the molecule is O=C1C=C(c2cn(CCO)c3ccccc23)C(=O)N1. The van der Waals surface area contributed by atoms with E-state index in [1.807, 2.05) is 28.8 Å². The summed E-state index contributed by atoms with van der Waals surface area (Å²) in [6.07, 6.45) is 3.11. The zero-order chi connectivity index (χ0) is 13.4. The van der Waals surface area contributed by atoms with Gasteiger partial charge in [-0.1, -0.05) is 18.2 Å². The molecule has 19 heavy (non-hydrogen) atoms. The summed E-state index contributed by atoms with van der Waals surface area (Å²) in [7, 11) is 0. The lowest BCUT2D eigenvalue weighted by Gasteiger charge is -2.00. The van der Waals surface area contributed by atoms with Crippen LogP contribution in [0.2, 0.25) is 0 Å². The number of aromatic nitrogens is 1. The van der Waals surface area contributed by atoms with E-state index in [9.17, 15) is 9.59 Å². The lowest BCUT2D eigenvalue weighted by Crippen LogP contribution is -2.21. The van der Waals surface area contributed by atoms with Crippen LogP contribution in [0.4, 0.5) is 0 Å². The van der Waals surface area contributed by atoms with Gasteiger partial charge in [0.25, 0.3) is 11.8 Å². The molecule has 0 spiro atoms. The van der Waals surface area contributed by atoms with Crippen molar-refractivity contribution in [1.29, 1.82) is 0 Å². The molecule has 1 aliphatic rings. The number of nitrogens with one attached hydrogen (secondary N) is 1. The predicted molar refractivity (Wildman–Crippen MR) is 70.2 cm³/mol. The van der Waals surface area contributed by atoms with E-state index in [4.69, 9.17) is 5.11 Å². The number of nitrogens with zero attached hydrogens (tertiary/aromatic N) is 1. The van der Waals surface area contributed by atoms with Gasteiger partial charge in [0.15, 0.2) is 0 Å². The van der Waals surface area contributed by atoms with Crippen molar-refractivity contribution in [2.24, 2.45) is 0 Å². The Morgan fingerprint density at radius 1 is 1.21 bits per heavy atom. The van der Waals surface area contributed by atoms with Crippen molar-refractivity contribution in [3.8, 4) is 0 Å². The highest BCUT2D eigenvalue weighted by Crippen LogP contribution is 2.28. The first kappa shape index (κ1) is 11.7. The molecule has 0 aliphatic carbocycles. The minimum Gasteiger partial charge on any atom is -0.395 e. The van der Waals surface area contributed by atoms with Crippen LogP contribution in [0.25, 0.3) is 16.5 Å². The minimum absolute atomic E-state index is 0.0162. The first-order valence-corrected chi connectivity index (χ1v) is 5.97. The molecule has 2 aromatic rings. The summed E-state index contributed by atoms with van der Waals surface area (Å²) in [5.41, 5.74) is 2.02. The van der Waals surface area contributed by atoms with Crippen LogP contribution in [0, 0.1) is 0 Å². The second-order valence-electron chi connectivity index (χ2n) is 4.35. The van der Waals surface area contributed by atoms with Gasteiger partial charge >= 0.3 is 0 Å². The number of hydrogen-bond acceptors (Lipinski definition) is 3. The van der Waals surface area contributed by atoms with E-state index in [2.05, 4.69) is 5.32 Å². The number of para-hydroxylation sites is 1. The number of aliphatic hydroxyl groups is 1. The summed E-state index contributed by atoms with van der Waals surface area (Å²) in [5, 5.41) is 12.2. The van der Waals surface area contributed by atoms with Gasteiger partial charge in [0, 0.05) is 35.3 Å². The maximum atomic E-state index is 11.7. The summed E-state index contributed by atoms with van der Waals surface area (Å²) < 4.78 is 1.88. The number of imide groups is 1. The first-order valence-electron chi connectivity index (χ1n) is 5.97. The van der Waals surface area contributed by atoms with Gasteiger partial charge in [0.1, 0.15) is 0 Å². The average molecular weight is 256 g/mol. The molecule has 96 valence electrons. The molecule has 2 amide bonds. The van der Waals surface area contributed by atoms with Crippen LogP contribution >= 0.6 is 0 Å². The van der Waals surface area contributed by atoms with Gasteiger partial charge in [0.2, 0.25) is 0 Å². The molecule has 0 fully saturated rings. The highest BCUT2D eigenvalue weighted by Gasteiger charge is 2.24. The van der Waals surface area contributed by atoms with E-state index in [0.29, 0.717) is 17.7 Å². The predicted octanol–water partition coefficient (Wildman–Crippen LogP) is 0.673. The third-order valence-electron chi connectivity index (χ3n) is 3.18. The van der Waals surface area contributed by atoms with Crippen LogP contribution in [-0.2, 0) is 16.1 Å². The van der Waals surface area contributed by atoms with Crippen LogP contribution in [-0.4, -0.2) is 28.1 Å². The van der Waals surface area contributed by atoms with Crippen molar-refractivity contribution in [3.63, 3.8) is 0 Å². The standard InChI is InChI=1S/C14H12N2O3/c17-6-5-16-8-11(9-3-1-2-4-12(9)16)10-7-13(18)15-14(10)19/h1-4,7-8,17H,5-6H2,(H,15,18,19). The third-order valence-corrected chi connectivity index (χ3v) is 3.18. The van der Waals surface area contributed by atoms with Crippen LogP contribution < -0.4 is 5.32 Å². The summed E-state index contributed by atoms with van der Waals surface area (Å²) in [6, 6.07) is 7.60. The Morgan fingerprint density at radius 3 is 2.68 bits per heavy atom. The molecule has 3 rings (SSSR count). The van der Waals surface area contributed by atoms with E-state index in [1.165, 1.54) is 6.08 Å². The maximum absolute atomic E-state index is 11.7. The number of amides is 2. The summed E-state index contributed by atoms with van der Waals surface area (Å²) in [4.78, 5) is 23.0. The Labute approximate surface area is 109 Å². The minimum atomic E-state index is -0.390. The third kappa shape index (κ3) is 1.84. The maximum Gasteiger partial charge on any atom is 0.258 e. The van der Waals surface area contributed by atoms with Crippen molar-refractivity contribution in [2.45, 2.75) is 6.54 Å². The Kier molecular flexibility index (Phi) is 2.68. The molecule has 0 atom stereocenters. The molecular formula is C14H12N2O3. The van der Waals surface area contributed by atoms with E-state index in [-0.39, 0.29) is 18.4 Å². The number of hydrogen-bond donors (Lipinski definition) is 2. The van der Waals surface area contributed by atoms with Gasteiger partial charge in [-0.05, 0) is 6.07 Å². The highest BCUT2D eigenvalue weighted by atomic mass is 16.3. The number of fused-ring (bicyclic) bond motifs is 1. The van der Waals surface area contributed by atoms with E-state index < -0.39 is 0 Å². The molecule has 1 aromatic heterocycles. The lowest BCUT2D eigenvalue weighted by molar-refractivity contribution is -0.123. The van der Waals surface area contributed by atoms with E-state index in [1.54, 1.807) is 6.20 Å². The molecule has 0 unspecified atom stereocenters. The van der Waals surface area contributed by atoms with Gasteiger partial charge in [-0.25, -0.2) is 0 Å². The summed E-state index contributed by atoms with van der Waals surface area (Å²) in [5.74, 6) is -0.768. The Morgan fingerprint density at radius 2 is 2.00 bits per heavy atom. The normalized spacial score (nSPS) is 14.9. The van der Waals surface area contributed by atoms with E-state index in [0.717, 1.165) is 10.9 Å². The quantitative estimate of drug-likeness (QED) is 0.793. The number of rotatable bonds is 3. The van der Waals surface area contributed by atoms with Gasteiger partial charge in [-0.2, -0.15) is 0 Å². The second-order valence-corrected chi connectivity index (χ2v) is 4.35. The van der Waals surface area contributed by atoms with Gasteiger partial charge in [-0.15, -0.1) is 0 Å². The van der Waals surface area contributed by atoms with Crippen LogP contribution in [0.15, 0.2) is 36.5 Å². The molecule has 5 heteroatoms. The zero-order valence-corrected chi connectivity index (χ0v) is 10.1. The molecule has 1 aliphatic heterocycles. The molecule has 2 N–H and O–H groups in total. The Hall–Kier alpha value is -2.40. The monoisotopic (exact) mass is 256 g/mol. The fourth-order valence-corrected chi connectivity index (χ4v) is 2.37. The largest absolute Gasteiger partial charge is 0.395 e. The number of aliphatic hydroxyl groups excluding tert-OH is 1. The van der Waals surface area contributed by atoms with E-state index >= 15 is 0 Å². The molecule has 5 nitrogen and oxygen atoms in total. The van der Waals surface area contributed by atoms with Crippen LogP contribution in [0.3, 0.4) is 0 Å². The lowest BCUT2D eigenvalue weighted by atomic mass is 10.1. The first-order chi connectivity index (χ1) is 9.20. The number of benzene rings is 1. The van der Waals surface area contributed by atoms with Crippen molar-refractivity contribution < 1.29 is 14.7 Å². The van der Waals surface area contributed by atoms with Crippen molar-refractivity contribution in [2.75, 3.05) is 6.61 Å². The fourth-order valence-electron chi connectivity index (χ4n) is 2.37. The van der Waals surface area contributed by atoms with Gasteiger partial charge in [0.05, 0.1) is 12.2 Å². The van der Waals surface area contributed by atoms with Crippen molar-refractivity contribution in [3.05, 3.63) is 42.1 Å². The zero-order valence-electron chi connectivity index (χ0n) is 10.1.